The minimum absolute atomic E-state index is 0.712. The zero-order valence-corrected chi connectivity index (χ0v) is 37.6. The molecule has 10 rings (SSSR count). The highest BCUT2D eigenvalue weighted by molar-refractivity contribution is 5.62. The van der Waals surface area contributed by atoms with Crippen LogP contribution in [-0.4, -0.2) is 43.6 Å². The van der Waals surface area contributed by atoms with Crippen LogP contribution in [0, 0.1) is 20.8 Å². The third-order valence-corrected chi connectivity index (χ3v) is 12.4. The van der Waals surface area contributed by atoms with E-state index in [1.165, 1.54) is 33.4 Å². The molecular weight excluding hydrogens is 811 g/mol. The summed E-state index contributed by atoms with van der Waals surface area (Å²) in [4.78, 5) is 29.4. The summed E-state index contributed by atoms with van der Waals surface area (Å²) in [7, 11) is 0. The normalized spacial score (nSPS) is 11.3. The minimum atomic E-state index is 0.712. The van der Waals surface area contributed by atoms with Gasteiger partial charge in [0, 0.05) is 90.2 Å². The summed E-state index contributed by atoms with van der Waals surface area (Å²) in [6.45, 7) is 6.39. The molecule has 324 valence electrons. The fourth-order valence-corrected chi connectivity index (χ4v) is 8.72. The van der Waals surface area contributed by atoms with Gasteiger partial charge in [-0.1, -0.05) is 127 Å². The van der Waals surface area contributed by atoms with E-state index in [-0.39, 0.29) is 0 Å². The Bertz CT molecular complexity index is 2870. The van der Waals surface area contributed by atoms with Crippen LogP contribution in [0.15, 0.2) is 183 Å². The fourth-order valence-electron chi connectivity index (χ4n) is 8.72. The molecule has 10 aromatic rings. The zero-order chi connectivity index (χ0) is 44.8. The van der Waals surface area contributed by atoms with E-state index in [0.29, 0.717) is 19.3 Å². The molecule has 0 saturated heterocycles. The van der Waals surface area contributed by atoms with Gasteiger partial charge in [0.25, 0.3) is 0 Å². The van der Waals surface area contributed by atoms with E-state index in [1.807, 2.05) is 37.2 Å². The molecule has 0 unspecified atom stereocenters. The van der Waals surface area contributed by atoms with Crippen molar-refractivity contribution in [2.24, 2.45) is 0 Å². The third kappa shape index (κ3) is 9.14. The van der Waals surface area contributed by atoms with Crippen LogP contribution in [-0.2, 0) is 38.5 Å². The number of para-hydroxylation sites is 3. The molecule has 4 heterocycles. The molecule has 0 radical (unpaired) electrons. The summed E-state index contributed by atoms with van der Waals surface area (Å²) >= 11 is 0. The highest BCUT2D eigenvalue weighted by Gasteiger charge is 2.15. The van der Waals surface area contributed by atoms with Crippen LogP contribution in [0.5, 0.6) is 0 Å². The topological polar surface area (TPSA) is 92.1 Å². The number of hydrogen-bond acceptors (Lipinski definition) is 6. The van der Waals surface area contributed by atoms with E-state index in [2.05, 4.69) is 180 Å². The predicted molar refractivity (Wildman–Crippen MR) is 263 cm³/mol. The SMILES string of the molecule is Cc1ccccc1-n1ccnc1-c1ccc(CCc2nc(CCc3ccc(-c4nccn4-c4ccccc4C)cc3)nc(CCc3ccc(-c4nccn4-c4ccccc4C)cc3)n2)cc1. The Hall–Kier alpha value is -8.04. The van der Waals surface area contributed by atoms with Crippen LogP contribution in [0.4, 0.5) is 0 Å². The summed E-state index contributed by atoms with van der Waals surface area (Å²) < 4.78 is 6.47. The first-order valence-electron chi connectivity index (χ1n) is 22.7. The lowest BCUT2D eigenvalue weighted by Crippen LogP contribution is -2.11. The molecule has 0 amide bonds. The van der Waals surface area contributed by atoms with Crippen molar-refractivity contribution in [3.8, 4) is 51.2 Å². The summed E-state index contributed by atoms with van der Waals surface area (Å²) in [5, 5.41) is 0. The highest BCUT2D eigenvalue weighted by Crippen LogP contribution is 2.27. The van der Waals surface area contributed by atoms with Crippen molar-refractivity contribution in [2.45, 2.75) is 59.3 Å². The number of hydrogen-bond donors (Lipinski definition) is 0. The van der Waals surface area contributed by atoms with Gasteiger partial charge in [-0.05, 0) is 91.6 Å². The average Bonchev–Trinajstić information content (AvgIpc) is 4.16. The molecule has 0 bridgehead atoms. The van der Waals surface area contributed by atoms with Gasteiger partial charge >= 0.3 is 0 Å². The molecule has 6 aromatic carbocycles. The van der Waals surface area contributed by atoms with Crippen LogP contribution in [0.1, 0.15) is 50.9 Å². The van der Waals surface area contributed by atoms with Crippen molar-refractivity contribution >= 4 is 0 Å². The quantitative estimate of drug-likeness (QED) is 0.102. The van der Waals surface area contributed by atoms with E-state index in [1.54, 1.807) is 0 Å². The van der Waals surface area contributed by atoms with E-state index in [4.69, 9.17) is 29.9 Å². The van der Waals surface area contributed by atoms with Crippen molar-refractivity contribution in [3.63, 3.8) is 0 Å². The molecule has 4 aromatic heterocycles. The molecule has 66 heavy (non-hydrogen) atoms. The molecule has 9 heteroatoms. The van der Waals surface area contributed by atoms with Gasteiger partial charge in [-0.2, -0.15) is 0 Å². The van der Waals surface area contributed by atoms with Gasteiger partial charge in [0.2, 0.25) is 0 Å². The molecule has 0 saturated carbocycles. The van der Waals surface area contributed by atoms with E-state index >= 15 is 0 Å². The maximum absolute atomic E-state index is 5.06. The number of benzene rings is 6. The number of imidazole rings is 3. The van der Waals surface area contributed by atoms with Gasteiger partial charge < -0.3 is 0 Å². The number of aryl methyl sites for hydroxylation is 9. The summed E-state index contributed by atoms with van der Waals surface area (Å²) in [5.74, 6) is 5.25. The van der Waals surface area contributed by atoms with Gasteiger partial charge in [0.1, 0.15) is 34.9 Å². The lowest BCUT2D eigenvalue weighted by molar-refractivity contribution is 0.721. The second kappa shape index (κ2) is 19.0. The summed E-state index contributed by atoms with van der Waals surface area (Å²) in [5.41, 5.74) is 13.9. The summed E-state index contributed by atoms with van der Waals surface area (Å²) in [6.07, 6.45) is 16.3. The second-order valence-electron chi connectivity index (χ2n) is 16.9. The third-order valence-electron chi connectivity index (χ3n) is 12.4. The van der Waals surface area contributed by atoms with E-state index in [0.717, 1.165) is 88.0 Å². The molecule has 0 aliphatic heterocycles. The minimum Gasteiger partial charge on any atom is -0.300 e. The predicted octanol–water partition coefficient (Wildman–Crippen LogP) is 11.7. The van der Waals surface area contributed by atoms with Crippen LogP contribution in [0.3, 0.4) is 0 Å². The maximum atomic E-state index is 5.06. The Kier molecular flexibility index (Phi) is 12.1. The first-order valence-corrected chi connectivity index (χ1v) is 22.7. The molecule has 0 atom stereocenters. The number of nitrogens with zero attached hydrogens (tertiary/aromatic N) is 9. The average molecular weight is 862 g/mol. The van der Waals surface area contributed by atoms with Gasteiger partial charge in [-0.25, -0.2) is 29.9 Å². The lowest BCUT2D eigenvalue weighted by Gasteiger charge is -2.12. The van der Waals surface area contributed by atoms with E-state index in [9.17, 15) is 0 Å². The molecule has 0 spiro atoms. The van der Waals surface area contributed by atoms with Crippen LogP contribution < -0.4 is 0 Å². The number of aromatic nitrogens is 9. The van der Waals surface area contributed by atoms with Crippen LogP contribution in [0.2, 0.25) is 0 Å². The molecular formula is C57H51N9. The van der Waals surface area contributed by atoms with Crippen molar-refractivity contribution in [1.29, 1.82) is 0 Å². The Balaban J connectivity index is 0.855. The Morgan fingerprint density at radius 3 is 0.864 bits per heavy atom. The van der Waals surface area contributed by atoms with Crippen molar-refractivity contribution in [3.05, 3.63) is 234 Å². The van der Waals surface area contributed by atoms with Crippen molar-refractivity contribution in [1.82, 2.24) is 43.6 Å². The molecule has 0 fully saturated rings. The van der Waals surface area contributed by atoms with Gasteiger partial charge in [0.05, 0.1) is 0 Å². The summed E-state index contributed by atoms with van der Waals surface area (Å²) in [6, 6.07) is 51.4. The monoisotopic (exact) mass is 861 g/mol. The Morgan fingerprint density at radius 1 is 0.318 bits per heavy atom. The van der Waals surface area contributed by atoms with Gasteiger partial charge in [-0.15, -0.1) is 0 Å². The largest absolute Gasteiger partial charge is 0.300 e. The first-order chi connectivity index (χ1) is 32.4. The van der Waals surface area contributed by atoms with Crippen molar-refractivity contribution in [2.75, 3.05) is 0 Å². The fraction of sp³-hybridized carbons (Fsp3) is 0.158. The van der Waals surface area contributed by atoms with Gasteiger partial charge in [-0.3, -0.25) is 13.7 Å². The molecule has 0 aliphatic carbocycles. The maximum Gasteiger partial charge on any atom is 0.144 e. The lowest BCUT2D eigenvalue weighted by atomic mass is 10.1. The Morgan fingerprint density at radius 2 is 0.591 bits per heavy atom. The molecule has 0 N–H and O–H groups in total. The second-order valence-corrected chi connectivity index (χ2v) is 16.9. The molecule has 0 aliphatic rings. The van der Waals surface area contributed by atoms with E-state index < -0.39 is 0 Å². The zero-order valence-electron chi connectivity index (χ0n) is 37.6. The first kappa shape index (κ1) is 41.9. The van der Waals surface area contributed by atoms with Crippen LogP contribution >= 0.6 is 0 Å². The smallest absolute Gasteiger partial charge is 0.144 e. The van der Waals surface area contributed by atoms with Crippen LogP contribution in [0.25, 0.3) is 51.2 Å². The highest BCUT2D eigenvalue weighted by atomic mass is 15.1. The Labute approximate surface area is 386 Å². The van der Waals surface area contributed by atoms with Gasteiger partial charge in [0.15, 0.2) is 0 Å². The van der Waals surface area contributed by atoms with Crippen molar-refractivity contribution < 1.29 is 0 Å². The molecule has 9 nitrogen and oxygen atoms in total. The number of rotatable bonds is 15. The standard InChI is InChI=1S/C57H51N9/c1-40-10-4-7-13-49(40)64-37-34-58-55(64)46-25-16-43(17-26-46)22-31-52-61-53(32-23-44-18-27-47(28-19-44)56-59-35-38-65(56)50-14-8-5-11-41(50)2)63-54(62-52)33-24-45-20-29-48(30-21-45)57-60-36-39-66(57)51-15-9-6-12-42(51)3/h4-21,25-30,34-39H,22-24,31-33H2,1-3H3.